The van der Waals surface area contributed by atoms with E-state index in [1.165, 1.54) is 6.21 Å². The van der Waals surface area contributed by atoms with E-state index in [-0.39, 0.29) is 12.5 Å². The van der Waals surface area contributed by atoms with Gasteiger partial charge in [0.05, 0.1) is 12.8 Å². The van der Waals surface area contributed by atoms with E-state index in [1.807, 2.05) is 0 Å². The molecule has 7 heteroatoms. The predicted octanol–water partition coefficient (Wildman–Crippen LogP) is 2.78. The Morgan fingerprint density at radius 1 is 1.12 bits per heavy atom. The maximum atomic E-state index is 11.9. The number of hydrogen-bond acceptors (Lipinski definition) is 4. The molecule has 0 aromatic heterocycles. The molecule has 134 valence electrons. The maximum Gasteiger partial charge on any atom is 0.259 e. The molecular weight excluding hydrogens is 354 g/mol. The van der Waals surface area contributed by atoms with Crippen molar-refractivity contribution in [1.82, 2.24) is 10.7 Å². The van der Waals surface area contributed by atoms with E-state index in [1.54, 1.807) is 54.6 Å². The van der Waals surface area contributed by atoms with Crippen LogP contribution in [-0.4, -0.2) is 31.2 Å². The van der Waals surface area contributed by atoms with Gasteiger partial charge in [-0.1, -0.05) is 24.3 Å². The first-order chi connectivity index (χ1) is 12.6. The van der Waals surface area contributed by atoms with Crippen LogP contribution in [0.1, 0.15) is 15.9 Å². The summed E-state index contributed by atoms with van der Waals surface area (Å²) in [6.45, 7) is 3.83. The molecule has 0 aliphatic carbocycles. The molecule has 2 aromatic carbocycles. The molecular formula is C19H18ClN3O3. The molecule has 26 heavy (non-hydrogen) atoms. The Morgan fingerprint density at radius 3 is 2.46 bits per heavy atom. The zero-order valence-electron chi connectivity index (χ0n) is 13.9. The zero-order valence-corrected chi connectivity index (χ0v) is 14.7. The highest BCUT2D eigenvalue weighted by atomic mass is 35.5. The van der Waals surface area contributed by atoms with Gasteiger partial charge in [-0.15, -0.1) is 0 Å². The summed E-state index contributed by atoms with van der Waals surface area (Å²) < 4.78 is 5.37. The summed E-state index contributed by atoms with van der Waals surface area (Å²) in [5, 5.41) is 6.88. The normalized spacial score (nSPS) is 10.3. The van der Waals surface area contributed by atoms with Crippen LogP contribution in [0.2, 0.25) is 5.02 Å². The van der Waals surface area contributed by atoms with Crippen LogP contribution in [-0.2, 0) is 4.79 Å². The highest BCUT2D eigenvalue weighted by molar-refractivity contribution is 6.30. The number of hydrogen-bond donors (Lipinski definition) is 2. The summed E-state index contributed by atoms with van der Waals surface area (Å²) in [5.74, 6) is -0.0820. The molecule has 0 fully saturated rings. The summed E-state index contributed by atoms with van der Waals surface area (Å²) in [4.78, 5) is 23.6. The van der Waals surface area contributed by atoms with Crippen LogP contribution >= 0.6 is 11.6 Å². The van der Waals surface area contributed by atoms with Crippen LogP contribution in [0, 0.1) is 0 Å². The van der Waals surface area contributed by atoms with Gasteiger partial charge in [0.1, 0.15) is 12.4 Å². The third kappa shape index (κ3) is 6.41. The van der Waals surface area contributed by atoms with Gasteiger partial charge in [0.15, 0.2) is 0 Å². The first-order valence-electron chi connectivity index (χ1n) is 7.78. The fraction of sp³-hybridized carbons (Fsp3) is 0.105. The molecule has 2 rings (SSSR count). The molecule has 0 saturated heterocycles. The zero-order chi connectivity index (χ0) is 18.8. The molecule has 2 amide bonds. The van der Waals surface area contributed by atoms with Crippen molar-refractivity contribution in [3.05, 3.63) is 77.3 Å². The molecule has 2 aromatic rings. The number of ether oxygens (including phenoxy) is 1. The minimum Gasteiger partial charge on any atom is -0.490 e. The average molecular weight is 372 g/mol. The molecule has 0 bridgehead atoms. The third-order valence-corrected chi connectivity index (χ3v) is 3.42. The van der Waals surface area contributed by atoms with Gasteiger partial charge in [-0.3, -0.25) is 9.59 Å². The van der Waals surface area contributed by atoms with E-state index in [2.05, 4.69) is 22.4 Å². The SMILES string of the molecule is C=CCOc1ccc(/C=N\NC(=O)CNC(=O)c2ccc(Cl)cc2)cc1. The van der Waals surface area contributed by atoms with Crippen molar-refractivity contribution >= 4 is 29.6 Å². The van der Waals surface area contributed by atoms with Crippen molar-refractivity contribution in [3.63, 3.8) is 0 Å². The van der Waals surface area contributed by atoms with Crippen LogP contribution in [0.5, 0.6) is 5.75 Å². The summed E-state index contributed by atoms with van der Waals surface area (Å²) >= 11 is 5.76. The average Bonchev–Trinajstić information content (AvgIpc) is 2.66. The lowest BCUT2D eigenvalue weighted by molar-refractivity contribution is -0.120. The van der Waals surface area contributed by atoms with Crippen molar-refractivity contribution in [2.75, 3.05) is 13.2 Å². The Bertz CT molecular complexity index is 787. The van der Waals surface area contributed by atoms with Gasteiger partial charge in [-0.05, 0) is 54.1 Å². The van der Waals surface area contributed by atoms with E-state index >= 15 is 0 Å². The van der Waals surface area contributed by atoms with E-state index in [0.717, 1.165) is 11.3 Å². The second kappa shape index (κ2) is 10.0. The summed E-state index contributed by atoms with van der Waals surface area (Å²) in [7, 11) is 0. The maximum absolute atomic E-state index is 11.9. The van der Waals surface area contributed by atoms with Crippen LogP contribution in [0.3, 0.4) is 0 Å². The Balaban J connectivity index is 1.75. The highest BCUT2D eigenvalue weighted by Gasteiger charge is 2.07. The van der Waals surface area contributed by atoms with E-state index in [0.29, 0.717) is 17.2 Å². The lowest BCUT2D eigenvalue weighted by atomic mass is 10.2. The number of carbonyl (C=O) groups excluding carboxylic acids is 2. The van der Waals surface area contributed by atoms with Crippen molar-refractivity contribution in [2.24, 2.45) is 5.10 Å². The van der Waals surface area contributed by atoms with Gasteiger partial charge in [0.2, 0.25) is 0 Å². The number of hydrazone groups is 1. The largest absolute Gasteiger partial charge is 0.490 e. The number of rotatable bonds is 8. The molecule has 6 nitrogen and oxygen atoms in total. The predicted molar refractivity (Wildman–Crippen MR) is 102 cm³/mol. The van der Waals surface area contributed by atoms with E-state index in [4.69, 9.17) is 16.3 Å². The Morgan fingerprint density at radius 2 is 1.81 bits per heavy atom. The lowest BCUT2D eigenvalue weighted by Gasteiger charge is -2.04. The van der Waals surface area contributed by atoms with Crippen molar-refractivity contribution in [1.29, 1.82) is 0 Å². The van der Waals surface area contributed by atoms with Crippen LogP contribution in [0.15, 0.2) is 66.3 Å². The van der Waals surface area contributed by atoms with Gasteiger partial charge in [0.25, 0.3) is 11.8 Å². The van der Waals surface area contributed by atoms with Crippen LogP contribution in [0.4, 0.5) is 0 Å². The lowest BCUT2D eigenvalue weighted by Crippen LogP contribution is -2.34. The number of benzene rings is 2. The Kier molecular flexibility index (Phi) is 7.39. The molecule has 0 heterocycles. The molecule has 0 aliphatic rings. The minimum absolute atomic E-state index is 0.187. The summed E-state index contributed by atoms with van der Waals surface area (Å²) in [5.41, 5.74) is 3.56. The van der Waals surface area contributed by atoms with Gasteiger partial charge in [-0.25, -0.2) is 5.43 Å². The smallest absolute Gasteiger partial charge is 0.259 e. The van der Waals surface area contributed by atoms with Crippen LogP contribution in [0.25, 0.3) is 0 Å². The van der Waals surface area contributed by atoms with Crippen molar-refractivity contribution in [2.45, 2.75) is 0 Å². The molecule has 0 atom stereocenters. The first kappa shape index (κ1) is 19.2. The van der Waals surface area contributed by atoms with Gasteiger partial charge in [0, 0.05) is 10.6 Å². The second-order valence-corrected chi connectivity index (χ2v) is 5.59. The van der Waals surface area contributed by atoms with E-state index in [9.17, 15) is 9.59 Å². The number of halogens is 1. The standard InChI is InChI=1S/C19H18ClN3O3/c1-2-11-26-17-9-3-14(4-10-17)12-22-23-18(24)13-21-19(25)15-5-7-16(20)8-6-15/h2-10,12H,1,11,13H2,(H,21,25)(H,23,24)/b22-12-. The minimum atomic E-state index is -0.436. The summed E-state index contributed by atoms with van der Waals surface area (Å²) in [6.07, 6.45) is 3.16. The summed E-state index contributed by atoms with van der Waals surface area (Å²) in [6, 6.07) is 13.6. The number of nitrogens with one attached hydrogen (secondary N) is 2. The first-order valence-corrected chi connectivity index (χ1v) is 8.15. The quantitative estimate of drug-likeness (QED) is 0.425. The number of carbonyl (C=O) groups is 2. The van der Waals surface area contributed by atoms with Gasteiger partial charge < -0.3 is 10.1 Å². The fourth-order valence-corrected chi connectivity index (χ4v) is 2.01. The topological polar surface area (TPSA) is 79.8 Å². The molecule has 0 saturated carbocycles. The third-order valence-electron chi connectivity index (χ3n) is 3.17. The highest BCUT2D eigenvalue weighted by Crippen LogP contribution is 2.11. The second-order valence-electron chi connectivity index (χ2n) is 5.15. The van der Waals surface area contributed by atoms with Gasteiger partial charge >= 0.3 is 0 Å². The monoisotopic (exact) mass is 371 g/mol. The Labute approximate surface area is 156 Å². The number of amides is 2. The van der Waals surface area contributed by atoms with Gasteiger partial charge in [-0.2, -0.15) is 5.10 Å². The van der Waals surface area contributed by atoms with E-state index < -0.39 is 5.91 Å². The van der Waals surface area contributed by atoms with Crippen molar-refractivity contribution in [3.8, 4) is 5.75 Å². The molecule has 0 unspecified atom stereocenters. The molecule has 0 aliphatic heterocycles. The molecule has 0 spiro atoms. The fourth-order valence-electron chi connectivity index (χ4n) is 1.89. The molecule has 0 radical (unpaired) electrons. The molecule has 2 N–H and O–H groups in total. The Hall–Kier alpha value is -3.12. The number of nitrogens with zero attached hydrogens (tertiary/aromatic N) is 1. The van der Waals surface area contributed by atoms with Crippen LogP contribution < -0.4 is 15.5 Å². The van der Waals surface area contributed by atoms with Crippen molar-refractivity contribution < 1.29 is 14.3 Å².